The molecule has 0 radical (unpaired) electrons. The molecule has 1 N–H and O–H groups in total. The summed E-state index contributed by atoms with van der Waals surface area (Å²) in [5.41, 5.74) is -0.362. The van der Waals surface area contributed by atoms with E-state index in [9.17, 15) is 14.4 Å². The molecule has 1 fully saturated rings. The Morgan fingerprint density at radius 2 is 1.83 bits per heavy atom. The molecule has 5 nitrogen and oxygen atoms in total. The van der Waals surface area contributed by atoms with Crippen LogP contribution in [0, 0.1) is 5.41 Å². The Kier molecular flexibility index (Phi) is 4.87. The average molecular weight is 254 g/mol. The lowest BCUT2D eigenvalue weighted by molar-refractivity contribution is -0.138. The molecule has 0 bridgehead atoms. The summed E-state index contributed by atoms with van der Waals surface area (Å²) in [5, 5.41) is 2.84. The molecule has 0 aromatic rings. The third-order valence-electron chi connectivity index (χ3n) is 3.50. The highest BCUT2D eigenvalue weighted by atomic mass is 16.2. The molecule has 1 rings (SSSR count). The summed E-state index contributed by atoms with van der Waals surface area (Å²) >= 11 is 0. The molecule has 0 atom stereocenters. The van der Waals surface area contributed by atoms with Crippen LogP contribution in [0.2, 0.25) is 0 Å². The van der Waals surface area contributed by atoms with Crippen molar-refractivity contribution >= 4 is 17.7 Å². The first kappa shape index (κ1) is 14.7. The van der Waals surface area contributed by atoms with Gasteiger partial charge < -0.3 is 5.32 Å². The largest absolute Gasteiger partial charge is 0.356 e. The molecular weight excluding hydrogens is 232 g/mol. The second kappa shape index (κ2) is 5.98. The predicted molar refractivity (Wildman–Crippen MR) is 67.7 cm³/mol. The molecule has 5 heteroatoms. The highest BCUT2D eigenvalue weighted by Gasteiger charge is 2.28. The molecule has 0 aromatic carbocycles. The van der Waals surface area contributed by atoms with Gasteiger partial charge in [0, 0.05) is 31.3 Å². The quantitative estimate of drug-likeness (QED) is 0.569. The van der Waals surface area contributed by atoms with Crippen molar-refractivity contribution in [3.63, 3.8) is 0 Å². The third-order valence-corrected chi connectivity index (χ3v) is 3.50. The summed E-state index contributed by atoms with van der Waals surface area (Å²) in [5.74, 6) is -0.176. The van der Waals surface area contributed by atoms with Gasteiger partial charge in [0.15, 0.2) is 0 Å². The van der Waals surface area contributed by atoms with Gasteiger partial charge in [-0.15, -0.1) is 0 Å². The fraction of sp³-hybridized carbons (Fsp3) is 0.769. The van der Waals surface area contributed by atoms with Crippen LogP contribution in [0.3, 0.4) is 0 Å². The topological polar surface area (TPSA) is 66.5 Å². The Labute approximate surface area is 108 Å². The van der Waals surface area contributed by atoms with E-state index in [1.165, 1.54) is 4.90 Å². The van der Waals surface area contributed by atoms with E-state index in [2.05, 4.69) is 5.32 Å². The molecule has 1 aliphatic rings. The molecular formula is C13H22N2O3. The molecule has 0 aromatic heterocycles. The number of hydrogen-bond donors (Lipinski definition) is 1. The van der Waals surface area contributed by atoms with Crippen molar-refractivity contribution in [2.45, 2.75) is 46.5 Å². The van der Waals surface area contributed by atoms with Gasteiger partial charge in [-0.25, -0.2) is 0 Å². The van der Waals surface area contributed by atoms with Crippen LogP contribution in [0.15, 0.2) is 0 Å². The van der Waals surface area contributed by atoms with Gasteiger partial charge in [-0.1, -0.05) is 20.8 Å². The normalized spacial score (nSPS) is 16.3. The minimum atomic E-state index is -0.362. The second-order valence-electron chi connectivity index (χ2n) is 5.29. The van der Waals surface area contributed by atoms with E-state index in [1.807, 2.05) is 20.8 Å². The average Bonchev–Trinajstić information content (AvgIpc) is 2.65. The molecule has 0 unspecified atom stereocenters. The minimum Gasteiger partial charge on any atom is -0.356 e. The maximum Gasteiger partial charge on any atom is 0.229 e. The minimum absolute atomic E-state index is 0.0177. The van der Waals surface area contributed by atoms with Crippen molar-refractivity contribution in [2.75, 3.05) is 13.1 Å². The van der Waals surface area contributed by atoms with Crippen LogP contribution in [-0.4, -0.2) is 35.7 Å². The van der Waals surface area contributed by atoms with Gasteiger partial charge in [-0.2, -0.15) is 0 Å². The van der Waals surface area contributed by atoms with Crippen LogP contribution in [0.4, 0.5) is 0 Å². The van der Waals surface area contributed by atoms with Gasteiger partial charge in [0.05, 0.1) is 0 Å². The van der Waals surface area contributed by atoms with Gasteiger partial charge in [0.1, 0.15) is 0 Å². The van der Waals surface area contributed by atoms with Crippen LogP contribution in [-0.2, 0) is 14.4 Å². The van der Waals surface area contributed by atoms with Crippen molar-refractivity contribution in [3.8, 4) is 0 Å². The Balaban J connectivity index is 2.25. The summed E-state index contributed by atoms with van der Waals surface area (Å²) < 4.78 is 0. The molecule has 1 saturated heterocycles. The zero-order valence-electron chi connectivity index (χ0n) is 11.4. The molecule has 3 amide bonds. The van der Waals surface area contributed by atoms with E-state index in [0.29, 0.717) is 32.4 Å². The first-order valence-electron chi connectivity index (χ1n) is 6.50. The molecule has 0 aliphatic carbocycles. The summed E-state index contributed by atoms with van der Waals surface area (Å²) in [6.07, 6.45) is 2.05. The van der Waals surface area contributed by atoms with Crippen molar-refractivity contribution in [1.29, 1.82) is 0 Å². The van der Waals surface area contributed by atoms with Gasteiger partial charge in [-0.05, 0) is 12.8 Å². The fourth-order valence-corrected chi connectivity index (χ4v) is 1.71. The molecule has 18 heavy (non-hydrogen) atoms. The van der Waals surface area contributed by atoms with Gasteiger partial charge in [0.25, 0.3) is 0 Å². The highest BCUT2D eigenvalue weighted by Crippen LogP contribution is 2.19. The fourth-order valence-electron chi connectivity index (χ4n) is 1.71. The Morgan fingerprint density at radius 1 is 1.28 bits per heavy atom. The second-order valence-corrected chi connectivity index (χ2v) is 5.29. The zero-order chi connectivity index (χ0) is 13.8. The molecule has 1 aliphatic heterocycles. The smallest absolute Gasteiger partial charge is 0.229 e. The molecule has 1 heterocycles. The lowest BCUT2D eigenvalue weighted by Crippen LogP contribution is -2.38. The van der Waals surface area contributed by atoms with E-state index in [0.717, 1.165) is 6.42 Å². The summed E-state index contributed by atoms with van der Waals surface area (Å²) in [4.78, 5) is 35.7. The maximum atomic E-state index is 11.8. The lowest BCUT2D eigenvalue weighted by atomic mass is 9.89. The number of carbonyl (C=O) groups excluding carboxylic acids is 3. The van der Waals surface area contributed by atoms with Gasteiger partial charge >= 0.3 is 0 Å². The number of carbonyl (C=O) groups is 3. The molecule has 102 valence electrons. The zero-order valence-corrected chi connectivity index (χ0v) is 11.4. The number of rotatable bonds is 6. The van der Waals surface area contributed by atoms with Gasteiger partial charge in [-0.3, -0.25) is 19.3 Å². The van der Waals surface area contributed by atoms with Crippen molar-refractivity contribution < 1.29 is 14.4 Å². The Bertz CT molecular complexity index is 334. The van der Waals surface area contributed by atoms with E-state index < -0.39 is 0 Å². The van der Waals surface area contributed by atoms with Crippen LogP contribution >= 0.6 is 0 Å². The highest BCUT2D eigenvalue weighted by molar-refractivity contribution is 6.01. The van der Waals surface area contributed by atoms with E-state index in [-0.39, 0.29) is 23.1 Å². The number of amides is 3. The van der Waals surface area contributed by atoms with E-state index in [4.69, 9.17) is 0 Å². The summed E-state index contributed by atoms with van der Waals surface area (Å²) in [7, 11) is 0. The summed E-state index contributed by atoms with van der Waals surface area (Å²) in [6.45, 7) is 6.68. The molecule has 0 spiro atoms. The van der Waals surface area contributed by atoms with Crippen LogP contribution < -0.4 is 5.32 Å². The predicted octanol–water partition coefficient (Wildman–Crippen LogP) is 1.08. The Hall–Kier alpha value is -1.39. The van der Waals surface area contributed by atoms with Gasteiger partial charge in [0.2, 0.25) is 17.7 Å². The monoisotopic (exact) mass is 254 g/mol. The van der Waals surface area contributed by atoms with E-state index in [1.54, 1.807) is 0 Å². The number of nitrogens with one attached hydrogen (secondary N) is 1. The SMILES string of the molecule is CCC(C)(C)C(=O)NCCCN1C(=O)CCC1=O. The number of nitrogens with zero attached hydrogens (tertiary/aromatic N) is 1. The lowest BCUT2D eigenvalue weighted by Gasteiger charge is -2.21. The van der Waals surface area contributed by atoms with Crippen molar-refractivity contribution in [2.24, 2.45) is 5.41 Å². The van der Waals surface area contributed by atoms with Crippen molar-refractivity contribution in [1.82, 2.24) is 10.2 Å². The maximum absolute atomic E-state index is 11.8. The number of hydrogen-bond acceptors (Lipinski definition) is 3. The van der Waals surface area contributed by atoms with Crippen molar-refractivity contribution in [3.05, 3.63) is 0 Å². The Morgan fingerprint density at radius 3 is 2.33 bits per heavy atom. The van der Waals surface area contributed by atoms with Crippen LogP contribution in [0.25, 0.3) is 0 Å². The standard InChI is InChI=1S/C13H22N2O3/c1-4-13(2,3)12(18)14-8-5-9-15-10(16)6-7-11(15)17/h4-9H2,1-3H3,(H,14,18). The third kappa shape index (κ3) is 3.55. The van der Waals surface area contributed by atoms with Crippen LogP contribution in [0.1, 0.15) is 46.5 Å². The van der Waals surface area contributed by atoms with E-state index >= 15 is 0 Å². The van der Waals surface area contributed by atoms with Crippen LogP contribution in [0.5, 0.6) is 0 Å². The number of likely N-dealkylation sites (tertiary alicyclic amines) is 1. The first-order valence-corrected chi connectivity index (χ1v) is 6.50. The summed E-state index contributed by atoms with van der Waals surface area (Å²) in [6, 6.07) is 0. The molecule has 0 saturated carbocycles. The number of imide groups is 1. The first-order chi connectivity index (χ1) is 8.38.